The van der Waals surface area contributed by atoms with Crippen molar-refractivity contribution in [2.75, 3.05) is 13.2 Å². The van der Waals surface area contributed by atoms with E-state index in [0.717, 1.165) is 12.2 Å². The third kappa shape index (κ3) is 4.80. The number of benzene rings is 1. The van der Waals surface area contributed by atoms with Crippen LogP contribution in [0.15, 0.2) is 55.6 Å². The zero-order valence-corrected chi connectivity index (χ0v) is 9.47. The second kappa shape index (κ2) is 7.71. The third-order valence-corrected chi connectivity index (χ3v) is 2.08. The first-order valence-electron chi connectivity index (χ1n) is 5.39. The van der Waals surface area contributed by atoms with Crippen LogP contribution in [-0.2, 0) is 4.74 Å². The summed E-state index contributed by atoms with van der Waals surface area (Å²) in [5.74, 6) is 0.858. The van der Waals surface area contributed by atoms with Crippen molar-refractivity contribution in [2.24, 2.45) is 0 Å². The standard InChI is InChI=1S/C14H18O2/c1-3-11-15-12-10-13(4-2)16-14-8-6-5-7-9-14/h3-9,13H,1-2,10-12H2. The zero-order chi connectivity index (χ0) is 11.6. The number of hydrogen-bond donors (Lipinski definition) is 0. The van der Waals surface area contributed by atoms with Crippen LogP contribution in [0, 0.1) is 0 Å². The average molecular weight is 218 g/mol. The highest BCUT2D eigenvalue weighted by Gasteiger charge is 2.05. The smallest absolute Gasteiger partial charge is 0.120 e. The highest BCUT2D eigenvalue weighted by atomic mass is 16.5. The van der Waals surface area contributed by atoms with Crippen LogP contribution in [0.25, 0.3) is 0 Å². The van der Waals surface area contributed by atoms with Crippen molar-refractivity contribution < 1.29 is 9.47 Å². The van der Waals surface area contributed by atoms with E-state index < -0.39 is 0 Å². The van der Waals surface area contributed by atoms with Crippen LogP contribution in [0.3, 0.4) is 0 Å². The van der Waals surface area contributed by atoms with E-state index in [1.807, 2.05) is 30.3 Å². The van der Waals surface area contributed by atoms with Crippen molar-refractivity contribution in [3.05, 3.63) is 55.6 Å². The molecule has 0 spiro atoms. The minimum absolute atomic E-state index is 0.00721. The maximum atomic E-state index is 5.72. The molecular formula is C14H18O2. The summed E-state index contributed by atoms with van der Waals surface area (Å²) in [5, 5.41) is 0. The Balaban J connectivity index is 2.32. The molecule has 0 radical (unpaired) electrons. The van der Waals surface area contributed by atoms with Crippen molar-refractivity contribution in [2.45, 2.75) is 12.5 Å². The topological polar surface area (TPSA) is 18.5 Å². The van der Waals surface area contributed by atoms with E-state index >= 15 is 0 Å². The molecule has 1 unspecified atom stereocenters. The van der Waals surface area contributed by atoms with E-state index in [4.69, 9.17) is 9.47 Å². The Bertz CT molecular complexity index is 306. The first kappa shape index (κ1) is 12.5. The molecule has 0 saturated heterocycles. The molecule has 86 valence electrons. The van der Waals surface area contributed by atoms with Crippen LogP contribution in [0.4, 0.5) is 0 Å². The molecule has 0 aliphatic rings. The van der Waals surface area contributed by atoms with Gasteiger partial charge in [0.1, 0.15) is 11.9 Å². The molecule has 0 aliphatic heterocycles. The average Bonchev–Trinajstić information content (AvgIpc) is 2.34. The Kier molecular flexibility index (Phi) is 6.04. The lowest BCUT2D eigenvalue weighted by Crippen LogP contribution is -2.16. The molecule has 1 aromatic rings. The van der Waals surface area contributed by atoms with Gasteiger partial charge in [-0.3, -0.25) is 0 Å². The Morgan fingerprint density at radius 3 is 2.56 bits per heavy atom. The van der Waals surface area contributed by atoms with Crippen LogP contribution in [-0.4, -0.2) is 19.3 Å². The summed E-state index contributed by atoms with van der Waals surface area (Å²) in [7, 11) is 0. The monoisotopic (exact) mass is 218 g/mol. The van der Waals surface area contributed by atoms with Crippen molar-refractivity contribution in [3.8, 4) is 5.75 Å². The molecule has 16 heavy (non-hydrogen) atoms. The van der Waals surface area contributed by atoms with Crippen LogP contribution < -0.4 is 4.74 Å². The van der Waals surface area contributed by atoms with Crippen molar-refractivity contribution in [1.82, 2.24) is 0 Å². The highest BCUT2D eigenvalue weighted by Crippen LogP contribution is 2.12. The molecule has 0 bridgehead atoms. The molecule has 1 aromatic carbocycles. The summed E-state index contributed by atoms with van der Waals surface area (Å²) in [5.41, 5.74) is 0. The van der Waals surface area contributed by atoms with Crippen LogP contribution in [0.5, 0.6) is 5.75 Å². The Morgan fingerprint density at radius 1 is 1.19 bits per heavy atom. The SMILES string of the molecule is C=CCOCCC(C=C)Oc1ccccc1. The molecule has 0 aromatic heterocycles. The van der Waals surface area contributed by atoms with Gasteiger partial charge in [-0.15, -0.1) is 6.58 Å². The van der Waals surface area contributed by atoms with Crippen LogP contribution in [0.2, 0.25) is 0 Å². The fraction of sp³-hybridized carbons (Fsp3) is 0.286. The Morgan fingerprint density at radius 2 is 1.94 bits per heavy atom. The maximum absolute atomic E-state index is 5.72. The van der Waals surface area contributed by atoms with Gasteiger partial charge in [0.2, 0.25) is 0 Å². The van der Waals surface area contributed by atoms with Crippen molar-refractivity contribution >= 4 is 0 Å². The van der Waals surface area contributed by atoms with E-state index in [1.165, 1.54) is 0 Å². The number of hydrogen-bond acceptors (Lipinski definition) is 2. The lowest BCUT2D eigenvalue weighted by atomic mass is 10.2. The van der Waals surface area contributed by atoms with E-state index in [1.54, 1.807) is 12.2 Å². The Labute approximate surface area is 97.2 Å². The molecule has 2 heteroatoms. The van der Waals surface area contributed by atoms with Gasteiger partial charge in [0, 0.05) is 6.42 Å². The van der Waals surface area contributed by atoms with Crippen LogP contribution >= 0.6 is 0 Å². The van der Waals surface area contributed by atoms with Gasteiger partial charge in [-0.2, -0.15) is 0 Å². The van der Waals surface area contributed by atoms with E-state index in [-0.39, 0.29) is 6.10 Å². The minimum atomic E-state index is -0.00721. The largest absolute Gasteiger partial charge is 0.486 e. The lowest BCUT2D eigenvalue weighted by Gasteiger charge is -2.15. The first-order valence-corrected chi connectivity index (χ1v) is 5.39. The Hall–Kier alpha value is -1.54. The summed E-state index contributed by atoms with van der Waals surface area (Å²) in [6, 6.07) is 9.72. The lowest BCUT2D eigenvalue weighted by molar-refractivity contribution is 0.125. The van der Waals surface area contributed by atoms with Gasteiger partial charge in [0.05, 0.1) is 13.2 Å². The molecule has 2 nitrogen and oxygen atoms in total. The molecule has 0 heterocycles. The summed E-state index contributed by atoms with van der Waals surface area (Å²) < 4.78 is 11.0. The summed E-state index contributed by atoms with van der Waals surface area (Å²) >= 11 is 0. The second-order valence-corrected chi connectivity index (χ2v) is 3.36. The van der Waals surface area contributed by atoms with Gasteiger partial charge in [-0.25, -0.2) is 0 Å². The van der Waals surface area contributed by atoms with Gasteiger partial charge in [-0.1, -0.05) is 36.9 Å². The molecular weight excluding hydrogens is 200 g/mol. The number of ether oxygens (including phenoxy) is 2. The third-order valence-electron chi connectivity index (χ3n) is 2.08. The number of para-hydroxylation sites is 1. The predicted octanol–water partition coefficient (Wildman–Crippen LogP) is 3.21. The van der Waals surface area contributed by atoms with Crippen molar-refractivity contribution in [3.63, 3.8) is 0 Å². The molecule has 1 atom stereocenters. The molecule has 0 amide bonds. The number of rotatable bonds is 8. The van der Waals surface area contributed by atoms with E-state index in [2.05, 4.69) is 13.2 Å². The van der Waals surface area contributed by atoms with Gasteiger partial charge in [0.25, 0.3) is 0 Å². The van der Waals surface area contributed by atoms with E-state index in [0.29, 0.717) is 13.2 Å². The first-order chi connectivity index (χ1) is 7.86. The van der Waals surface area contributed by atoms with Gasteiger partial charge in [0.15, 0.2) is 0 Å². The second-order valence-electron chi connectivity index (χ2n) is 3.36. The molecule has 1 rings (SSSR count). The molecule has 0 N–H and O–H groups in total. The molecule has 0 saturated carbocycles. The van der Waals surface area contributed by atoms with E-state index in [9.17, 15) is 0 Å². The fourth-order valence-corrected chi connectivity index (χ4v) is 1.26. The van der Waals surface area contributed by atoms with Crippen LogP contribution in [0.1, 0.15) is 6.42 Å². The van der Waals surface area contributed by atoms with Gasteiger partial charge in [-0.05, 0) is 12.1 Å². The normalized spacial score (nSPS) is 11.8. The summed E-state index contributed by atoms with van der Waals surface area (Å²) in [4.78, 5) is 0. The van der Waals surface area contributed by atoms with Gasteiger partial charge >= 0.3 is 0 Å². The summed E-state index contributed by atoms with van der Waals surface area (Å²) in [6.07, 6.45) is 4.32. The van der Waals surface area contributed by atoms with Gasteiger partial charge < -0.3 is 9.47 Å². The minimum Gasteiger partial charge on any atom is -0.486 e. The predicted molar refractivity (Wildman–Crippen MR) is 66.7 cm³/mol. The quantitative estimate of drug-likeness (QED) is 0.492. The summed E-state index contributed by atoms with van der Waals surface area (Å²) in [6.45, 7) is 8.57. The molecule has 0 aliphatic carbocycles. The van der Waals surface area contributed by atoms with Crippen molar-refractivity contribution in [1.29, 1.82) is 0 Å². The highest BCUT2D eigenvalue weighted by molar-refractivity contribution is 5.21. The fourth-order valence-electron chi connectivity index (χ4n) is 1.26. The zero-order valence-electron chi connectivity index (χ0n) is 9.47. The molecule has 0 fully saturated rings. The maximum Gasteiger partial charge on any atom is 0.120 e.